The van der Waals surface area contributed by atoms with E-state index >= 15 is 0 Å². The van der Waals surface area contributed by atoms with Crippen LogP contribution < -0.4 is 9.64 Å². The summed E-state index contributed by atoms with van der Waals surface area (Å²) in [6.07, 6.45) is 0.0511. The van der Waals surface area contributed by atoms with Crippen LogP contribution in [0.5, 0.6) is 5.75 Å². The first-order chi connectivity index (χ1) is 14.1. The minimum absolute atomic E-state index is 0.0511. The predicted octanol–water partition coefficient (Wildman–Crippen LogP) is 3.09. The van der Waals surface area contributed by atoms with Crippen molar-refractivity contribution in [3.05, 3.63) is 65.9 Å². The van der Waals surface area contributed by atoms with Gasteiger partial charge in [0, 0.05) is 13.1 Å². The second-order valence-corrected chi connectivity index (χ2v) is 7.30. The summed E-state index contributed by atoms with van der Waals surface area (Å²) in [5, 5.41) is 0. The lowest BCUT2D eigenvalue weighted by Gasteiger charge is -2.29. The predicted molar refractivity (Wildman–Crippen MR) is 110 cm³/mol. The smallest absolute Gasteiger partial charge is 0.282 e. The van der Waals surface area contributed by atoms with E-state index in [0.717, 1.165) is 5.56 Å². The quantitative estimate of drug-likeness (QED) is 0.732. The highest BCUT2D eigenvalue weighted by molar-refractivity contribution is 6.45. The molecule has 0 aromatic heterocycles. The molecule has 2 heterocycles. The molecule has 0 radical (unpaired) electrons. The summed E-state index contributed by atoms with van der Waals surface area (Å²) in [6, 6.07) is 16.4. The van der Waals surface area contributed by atoms with Gasteiger partial charge in [-0.3, -0.25) is 9.59 Å². The Balaban J connectivity index is 1.72. The van der Waals surface area contributed by atoms with Gasteiger partial charge in [0.1, 0.15) is 11.4 Å². The minimum Gasteiger partial charge on any atom is -0.491 e. The number of rotatable bonds is 5. The first-order valence-corrected chi connectivity index (χ1v) is 9.84. The normalized spacial score (nSPS) is 17.5. The summed E-state index contributed by atoms with van der Waals surface area (Å²) in [4.78, 5) is 30.0. The van der Waals surface area contributed by atoms with E-state index in [4.69, 9.17) is 9.47 Å². The molecule has 2 aliphatic rings. The topological polar surface area (TPSA) is 59.1 Å². The van der Waals surface area contributed by atoms with E-state index in [0.29, 0.717) is 49.0 Å². The number of carbonyl (C=O) groups is 2. The molecule has 0 atom stereocenters. The van der Waals surface area contributed by atoms with Gasteiger partial charge >= 0.3 is 0 Å². The number of imide groups is 1. The van der Waals surface area contributed by atoms with Crippen molar-refractivity contribution in [2.45, 2.75) is 20.0 Å². The molecular formula is C23H24N2O4. The van der Waals surface area contributed by atoms with Crippen molar-refractivity contribution in [3.63, 3.8) is 0 Å². The number of carbonyl (C=O) groups excluding carboxylic acids is 2. The Morgan fingerprint density at radius 3 is 2.17 bits per heavy atom. The van der Waals surface area contributed by atoms with Gasteiger partial charge in [-0.1, -0.05) is 30.3 Å². The Labute approximate surface area is 170 Å². The highest BCUT2D eigenvalue weighted by Gasteiger charge is 2.42. The Kier molecular flexibility index (Phi) is 5.36. The zero-order chi connectivity index (χ0) is 20.4. The van der Waals surface area contributed by atoms with Crippen LogP contribution in [0.25, 0.3) is 5.57 Å². The molecule has 0 unspecified atom stereocenters. The van der Waals surface area contributed by atoms with E-state index in [9.17, 15) is 9.59 Å². The van der Waals surface area contributed by atoms with Crippen LogP contribution in [0.15, 0.2) is 60.3 Å². The Morgan fingerprint density at radius 1 is 0.897 bits per heavy atom. The van der Waals surface area contributed by atoms with Gasteiger partial charge in [0.2, 0.25) is 0 Å². The highest BCUT2D eigenvalue weighted by Crippen LogP contribution is 2.35. The summed E-state index contributed by atoms with van der Waals surface area (Å²) in [5.74, 6) is 0.0981. The first-order valence-electron chi connectivity index (χ1n) is 9.84. The third-order valence-corrected chi connectivity index (χ3v) is 4.92. The van der Waals surface area contributed by atoms with E-state index in [2.05, 4.69) is 0 Å². The van der Waals surface area contributed by atoms with Gasteiger partial charge in [-0.15, -0.1) is 0 Å². The fourth-order valence-electron chi connectivity index (χ4n) is 3.64. The second-order valence-electron chi connectivity index (χ2n) is 7.30. The van der Waals surface area contributed by atoms with Crippen molar-refractivity contribution < 1.29 is 19.1 Å². The van der Waals surface area contributed by atoms with E-state index in [-0.39, 0.29) is 17.9 Å². The third kappa shape index (κ3) is 3.76. The lowest BCUT2D eigenvalue weighted by molar-refractivity contribution is -0.121. The molecule has 1 fully saturated rings. The first kappa shape index (κ1) is 19.2. The van der Waals surface area contributed by atoms with Gasteiger partial charge in [-0.05, 0) is 43.7 Å². The SMILES string of the molecule is CC(C)Oc1ccc(N2C(=O)C(c3ccccc3)=C(N3CCOCC3)C2=O)cc1. The number of anilines is 1. The van der Waals surface area contributed by atoms with Crippen molar-refractivity contribution >= 4 is 23.1 Å². The molecule has 4 rings (SSSR count). The molecule has 2 aromatic rings. The van der Waals surface area contributed by atoms with Gasteiger partial charge < -0.3 is 14.4 Å². The summed E-state index contributed by atoms with van der Waals surface area (Å²) in [6.45, 7) is 6.14. The van der Waals surface area contributed by atoms with Crippen LogP contribution in [0, 0.1) is 0 Å². The van der Waals surface area contributed by atoms with Gasteiger partial charge in [0.15, 0.2) is 0 Å². The average Bonchev–Trinajstić information content (AvgIpc) is 3.00. The molecule has 2 aromatic carbocycles. The number of hydrogen-bond donors (Lipinski definition) is 0. The van der Waals surface area contributed by atoms with Crippen molar-refractivity contribution in [1.29, 1.82) is 0 Å². The van der Waals surface area contributed by atoms with E-state index < -0.39 is 0 Å². The van der Waals surface area contributed by atoms with Gasteiger partial charge in [-0.2, -0.15) is 0 Å². The van der Waals surface area contributed by atoms with Crippen LogP contribution in [0.4, 0.5) is 5.69 Å². The maximum absolute atomic E-state index is 13.4. The maximum atomic E-state index is 13.4. The van der Waals surface area contributed by atoms with Crippen molar-refractivity contribution in [1.82, 2.24) is 4.90 Å². The lowest BCUT2D eigenvalue weighted by atomic mass is 10.0. The van der Waals surface area contributed by atoms with Gasteiger partial charge in [0.05, 0.1) is 30.6 Å². The Hall–Kier alpha value is -3.12. The van der Waals surface area contributed by atoms with Gasteiger partial charge in [-0.25, -0.2) is 4.90 Å². The molecule has 0 saturated carbocycles. The highest BCUT2D eigenvalue weighted by atomic mass is 16.5. The minimum atomic E-state index is -0.305. The molecular weight excluding hydrogens is 368 g/mol. The molecule has 29 heavy (non-hydrogen) atoms. The van der Waals surface area contributed by atoms with Crippen molar-refractivity contribution in [3.8, 4) is 5.75 Å². The summed E-state index contributed by atoms with van der Waals surface area (Å²) in [5.41, 5.74) is 2.18. The zero-order valence-corrected chi connectivity index (χ0v) is 16.6. The molecule has 150 valence electrons. The number of morpholine rings is 1. The molecule has 0 bridgehead atoms. The molecule has 0 spiro atoms. The number of amides is 2. The molecule has 1 saturated heterocycles. The Morgan fingerprint density at radius 2 is 1.55 bits per heavy atom. The fraction of sp³-hybridized carbons (Fsp3) is 0.304. The van der Waals surface area contributed by atoms with Crippen LogP contribution in [-0.4, -0.2) is 49.1 Å². The molecule has 6 heteroatoms. The van der Waals surface area contributed by atoms with Gasteiger partial charge in [0.25, 0.3) is 11.8 Å². The van der Waals surface area contributed by atoms with Crippen molar-refractivity contribution in [2.24, 2.45) is 0 Å². The number of ether oxygens (including phenoxy) is 2. The molecule has 0 N–H and O–H groups in total. The average molecular weight is 392 g/mol. The number of benzene rings is 2. The van der Waals surface area contributed by atoms with E-state index in [1.807, 2.05) is 49.1 Å². The van der Waals surface area contributed by atoms with Crippen LogP contribution >= 0.6 is 0 Å². The Bertz CT molecular complexity index is 929. The van der Waals surface area contributed by atoms with Crippen LogP contribution in [0.3, 0.4) is 0 Å². The monoisotopic (exact) mass is 392 g/mol. The maximum Gasteiger partial charge on any atom is 0.282 e. The van der Waals surface area contributed by atoms with E-state index in [1.54, 1.807) is 24.3 Å². The molecule has 6 nitrogen and oxygen atoms in total. The third-order valence-electron chi connectivity index (χ3n) is 4.92. The fourth-order valence-corrected chi connectivity index (χ4v) is 3.64. The molecule has 2 aliphatic heterocycles. The summed E-state index contributed by atoms with van der Waals surface area (Å²) >= 11 is 0. The lowest BCUT2D eigenvalue weighted by Crippen LogP contribution is -2.40. The van der Waals surface area contributed by atoms with Crippen molar-refractivity contribution in [2.75, 3.05) is 31.2 Å². The van der Waals surface area contributed by atoms with E-state index in [1.165, 1.54) is 4.90 Å². The zero-order valence-electron chi connectivity index (χ0n) is 16.6. The summed E-state index contributed by atoms with van der Waals surface area (Å²) < 4.78 is 11.1. The molecule has 2 amide bonds. The number of nitrogens with zero attached hydrogens (tertiary/aromatic N) is 2. The number of hydrogen-bond acceptors (Lipinski definition) is 5. The van der Waals surface area contributed by atoms with Crippen LogP contribution in [0.2, 0.25) is 0 Å². The summed E-state index contributed by atoms with van der Waals surface area (Å²) in [7, 11) is 0. The van der Waals surface area contributed by atoms with Crippen LogP contribution in [0.1, 0.15) is 19.4 Å². The molecule has 0 aliphatic carbocycles. The second kappa shape index (κ2) is 8.09. The standard InChI is InChI=1S/C23H24N2O4/c1-16(2)29-19-10-8-18(9-11-19)25-22(26)20(17-6-4-3-5-7-17)21(23(25)27)24-12-14-28-15-13-24/h3-11,16H,12-15H2,1-2H3. The van der Waals surface area contributed by atoms with Crippen LogP contribution in [-0.2, 0) is 14.3 Å². The largest absolute Gasteiger partial charge is 0.491 e.